The van der Waals surface area contributed by atoms with Crippen molar-refractivity contribution in [1.82, 2.24) is 0 Å². The third-order valence-electron chi connectivity index (χ3n) is 1.69. The van der Waals surface area contributed by atoms with Gasteiger partial charge in [0.25, 0.3) is 0 Å². The average Bonchev–Trinajstić information content (AvgIpc) is 2.07. The number of ether oxygens (including phenoxy) is 1. The highest BCUT2D eigenvalue weighted by molar-refractivity contribution is 9.09. The number of benzene rings is 1. The van der Waals surface area contributed by atoms with Crippen molar-refractivity contribution in [2.75, 3.05) is 0 Å². The van der Waals surface area contributed by atoms with Crippen LogP contribution in [0.3, 0.4) is 0 Å². The molecule has 2 nitrogen and oxygen atoms in total. The Morgan fingerprint density at radius 1 is 1.33 bits per heavy atom. The minimum Gasteiger partial charge on any atom is -0.507 e. The van der Waals surface area contributed by atoms with Crippen molar-refractivity contribution in [3.63, 3.8) is 0 Å². The largest absolute Gasteiger partial charge is 0.507 e. The van der Waals surface area contributed by atoms with Gasteiger partial charge in [0.15, 0.2) is 0 Å². The third kappa shape index (κ3) is 1.20. The lowest BCUT2D eigenvalue weighted by Crippen LogP contribution is -2.15. The van der Waals surface area contributed by atoms with Crippen molar-refractivity contribution in [2.45, 2.75) is 5.01 Å². The minimum atomic E-state index is -0.410. The van der Waals surface area contributed by atoms with Crippen LogP contribution in [0.25, 0.3) is 6.08 Å². The summed E-state index contributed by atoms with van der Waals surface area (Å²) in [6, 6.07) is 7.56. The fourth-order valence-electron chi connectivity index (χ4n) is 1.10. The molecule has 1 aromatic carbocycles. The van der Waals surface area contributed by atoms with E-state index < -0.39 is 5.01 Å². The van der Waals surface area contributed by atoms with Crippen LogP contribution in [0.2, 0.25) is 0 Å². The lowest BCUT2D eigenvalue weighted by molar-refractivity contribution is 0.246. The van der Waals surface area contributed by atoms with Crippen LogP contribution in [0, 0.1) is 0 Å². The number of rotatable bonds is 0. The Morgan fingerprint density at radius 2 is 2.08 bits per heavy atom. The SMILES string of the molecule is OC1=Cc2ccccc2OC1Br. The van der Waals surface area contributed by atoms with Gasteiger partial charge in [-0.15, -0.1) is 0 Å². The fraction of sp³-hybridized carbons (Fsp3) is 0.111. The van der Waals surface area contributed by atoms with Gasteiger partial charge in [0.1, 0.15) is 11.5 Å². The molecule has 0 fully saturated rings. The van der Waals surface area contributed by atoms with E-state index in [0.717, 1.165) is 11.3 Å². The number of alkyl halides is 1. The molecule has 1 atom stereocenters. The summed E-state index contributed by atoms with van der Waals surface area (Å²) in [6.45, 7) is 0. The van der Waals surface area contributed by atoms with Crippen LogP contribution in [0.4, 0.5) is 0 Å². The van der Waals surface area contributed by atoms with E-state index in [-0.39, 0.29) is 5.76 Å². The number of aliphatic hydroxyl groups is 1. The Kier molecular flexibility index (Phi) is 1.81. The first-order valence-electron chi connectivity index (χ1n) is 3.58. The van der Waals surface area contributed by atoms with Gasteiger partial charge in [-0.3, -0.25) is 0 Å². The molecule has 1 N–H and O–H groups in total. The lowest BCUT2D eigenvalue weighted by Gasteiger charge is -2.19. The number of para-hydroxylation sites is 1. The quantitative estimate of drug-likeness (QED) is 0.690. The summed E-state index contributed by atoms with van der Waals surface area (Å²) in [5.41, 5.74) is 0.908. The highest BCUT2D eigenvalue weighted by Crippen LogP contribution is 2.30. The van der Waals surface area contributed by atoms with Gasteiger partial charge in [-0.2, -0.15) is 0 Å². The van der Waals surface area contributed by atoms with Crippen LogP contribution in [-0.4, -0.2) is 10.1 Å². The van der Waals surface area contributed by atoms with Gasteiger partial charge in [0.2, 0.25) is 5.01 Å². The molecule has 0 amide bonds. The molecular weight excluding hydrogens is 220 g/mol. The Balaban J connectivity index is 2.49. The fourth-order valence-corrected chi connectivity index (χ4v) is 1.44. The molecule has 12 heavy (non-hydrogen) atoms. The third-order valence-corrected chi connectivity index (χ3v) is 2.34. The van der Waals surface area contributed by atoms with Crippen LogP contribution < -0.4 is 4.74 Å². The van der Waals surface area contributed by atoms with Gasteiger partial charge in [-0.05, 0) is 28.1 Å². The van der Waals surface area contributed by atoms with E-state index in [1.54, 1.807) is 6.08 Å². The van der Waals surface area contributed by atoms with Crippen LogP contribution in [0.1, 0.15) is 5.56 Å². The monoisotopic (exact) mass is 226 g/mol. The van der Waals surface area contributed by atoms with Crippen LogP contribution in [0.15, 0.2) is 30.0 Å². The van der Waals surface area contributed by atoms with Gasteiger partial charge in [-0.1, -0.05) is 18.2 Å². The van der Waals surface area contributed by atoms with Crippen LogP contribution in [0.5, 0.6) is 5.75 Å². The predicted molar refractivity (Wildman–Crippen MR) is 50.4 cm³/mol. The Bertz CT molecular complexity index is 333. The van der Waals surface area contributed by atoms with E-state index in [2.05, 4.69) is 15.9 Å². The second kappa shape index (κ2) is 2.83. The highest BCUT2D eigenvalue weighted by Gasteiger charge is 2.18. The summed E-state index contributed by atoms with van der Waals surface area (Å²) in [5.74, 6) is 0.992. The van der Waals surface area contributed by atoms with E-state index in [9.17, 15) is 5.11 Å². The van der Waals surface area contributed by atoms with E-state index >= 15 is 0 Å². The first-order chi connectivity index (χ1) is 5.77. The zero-order valence-electron chi connectivity index (χ0n) is 6.20. The first kappa shape index (κ1) is 7.68. The van der Waals surface area contributed by atoms with Crippen molar-refractivity contribution in [3.8, 4) is 5.75 Å². The van der Waals surface area contributed by atoms with Gasteiger partial charge < -0.3 is 9.84 Å². The van der Waals surface area contributed by atoms with Crippen LogP contribution in [-0.2, 0) is 0 Å². The molecule has 0 spiro atoms. The Labute approximate surface area is 78.6 Å². The maximum absolute atomic E-state index is 9.31. The summed E-state index contributed by atoms with van der Waals surface area (Å²) >= 11 is 3.18. The van der Waals surface area contributed by atoms with Crippen molar-refractivity contribution < 1.29 is 9.84 Å². The molecule has 1 aliphatic heterocycles. The van der Waals surface area contributed by atoms with Crippen molar-refractivity contribution in [2.24, 2.45) is 0 Å². The van der Waals surface area contributed by atoms with Crippen LogP contribution >= 0.6 is 15.9 Å². The Hall–Kier alpha value is -0.960. The number of fused-ring (bicyclic) bond motifs is 1. The molecule has 62 valence electrons. The Morgan fingerprint density at radius 3 is 2.92 bits per heavy atom. The summed E-state index contributed by atoms with van der Waals surface area (Å²) in [4.78, 5) is 0. The number of hydrogen-bond acceptors (Lipinski definition) is 2. The summed E-state index contributed by atoms with van der Waals surface area (Å²) in [5, 5.41) is 8.90. The molecule has 3 heteroatoms. The first-order valence-corrected chi connectivity index (χ1v) is 4.49. The maximum atomic E-state index is 9.31. The van der Waals surface area contributed by atoms with Crippen molar-refractivity contribution >= 4 is 22.0 Å². The van der Waals surface area contributed by atoms with E-state index in [1.165, 1.54) is 0 Å². The van der Waals surface area contributed by atoms with Gasteiger partial charge in [0.05, 0.1) is 0 Å². The summed E-state index contributed by atoms with van der Waals surface area (Å²) < 4.78 is 5.34. The molecule has 1 unspecified atom stereocenters. The van der Waals surface area contributed by atoms with Gasteiger partial charge >= 0.3 is 0 Å². The number of hydrogen-bond donors (Lipinski definition) is 1. The highest BCUT2D eigenvalue weighted by atomic mass is 79.9. The smallest absolute Gasteiger partial charge is 0.209 e. The van der Waals surface area contributed by atoms with E-state index in [4.69, 9.17) is 4.74 Å². The van der Waals surface area contributed by atoms with Crippen molar-refractivity contribution in [3.05, 3.63) is 35.6 Å². The second-order valence-electron chi connectivity index (χ2n) is 2.54. The standard InChI is InChI=1S/C9H7BrO2/c10-9-7(11)5-6-3-1-2-4-8(6)12-9/h1-5,9,11H. The predicted octanol–water partition coefficient (Wildman–Crippen LogP) is 2.70. The summed E-state index contributed by atoms with van der Waals surface area (Å²) in [6.07, 6.45) is 1.69. The molecular formula is C9H7BrO2. The van der Waals surface area contributed by atoms with E-state index in [1.807, 2.05) is 24.3 Å². The molecule has 1 heterocycles. The number of aliphatic hydroxyl groups excluding tert-OH is 1. The molecule has 0 aliphatic carbocycles. The van der Waals surface area contributed by atoms with E-state index in [0.29, 0.717) is 0 Å². The molecule has 1 aromatic rings. The summed E-state index contributed by atoms with van der Waals surface area (Å²) in [7, 11) is 0. The molecule has 0 bridgehead atoms. The second-order valence-corrected chi connectivity index (χ2v) is 3.37. The topological polar surface area (TPSA) is 29.5 Å². The lowest BCUT2D eigenvalue weighted by atomic mass is 10.1. The molecule has 0 radical (unpaired) electrons. The van der Waals surface area contributed by atoms with Gasteiger partial charge in [-0.25, -0.2) is 0 Å². The average molecular weight is 227 g/mol. The minimum absolute atomic E-state index is 0.203. The molecule has 0 aromatic heterocycles. The van der Waals surface area contributed by atoms with Crippen molar-refractivity contribution in [1.29, 1.82) is 0 Å². The molecule has 0 saturated heterocycles. The number of halogens is 1. The normalized spacial score (nSPS) is 20.8. The van der Waals surface area contributed by atoms with Gasteiger partial charge in [0, 0.05) is 5.56 Å². The molecule has 0 saturated carbocycles. The maximum Gasteiger partial charge on any atom is 0.209 e. The zero-order chi connectivity index (χ0) is 8.55. The zero-order valence-corrected chi connectivity index (χ0v) is 7.78. The molecule has 2 rings (SSSR count). The molecule has 1 aliphatic rings.